The predicted molar refractivity (Wildman–Crippen MR) is 225 cm³/mol. The fourth-order valence-corrected chi connectivity index (χ4v) is 7.77. The van der Waals surface area contributed by atoms with E-state index in [9.17, 15) is 0 Å². The number of rotatable bonds is 8. The molecule has 0 bridgehead atoms. The first-order valence-electron chi connectivity index (χ1n) is 17.9. The second-order valence-electron chi connectivity index (χ2n) is 13.3. The van der Waals surface area contributed by atoms with E-state index in [1.807, 2.05) is 49.5 Å². The lowest BCUT2D eigenvalue weighted by Crippen LogP contribution is -2.37. The van der Waals surface area contributed by atoms with E-state index in [1.54, 1.807) is 0 Å². The molecule has 2 N–H and O–H groups in total. The second kappa shape index (κ2) is 14.1. The largest absolute Gasteiger partial charge is 0.456 e. The summed E-state index contributed by atoms with van der Waals surface area (Å²) < 4.78 is 6.32. The zero-order valence-electron chi connectivity index (χ0n) is 29.3. The number of nitrogens with one attached hydrogen (secondary N) is 2. The Kier molecular flexibility index (Phi) is 8.72. The van der Waals surface area contributed by atoms with E-state index in [2.05, 4.69) is 138 Å². The molecule has 0 fully saturated rings. The summed E-state index contributed by atoms with van der Waals surface area (Å²) in [4.78, 5) is 6.15. The Balaban J connectivity index is 1.05. The van der Waals surface area contributed by atoms with E-state index in [0.29, 0.717) is 6.54 Å². The van der Waals surface area contributed by atoms with Crippen molar-refractivity contribution in [2.45, 2.75) is 17.6 Å². The number of furan rings is 1. The summed E-state index contributed by atoms with van der Waals surface area (Å²) in [6.07, 6.45) is -0.191. The number of benzene rings is 8. The van der Waals surface area contributed by atoms with Crippen LogP contribution in [0.2, 0.25) is 0 Å². The average molecular weight is 704 g/mol. The molecule has 0 amide bonds. The molecule has 4 nitrogen and oxygen atoms in total. The predicted octanol–water partition coefficient (Wildman–Crippen LogP) is 12.0. The highest BCUT2D eigenvalue weighted by atomic mass is 32.1. The van der Waals surface area contributed by atoms with Gasteiger partial charge in [0.1, 0.15) is 23.2 Å². The molecule has 0 aliphatic rings. The molecule has 1 heterocycles. The SMILES string of the molecule is CNC(N/C(=N\Cc1cccc2c1oc1ccccc12)c1ccccc1)c1cccc(-c2ccc3c(ccc4cccc(-c5ccccc5S)c43)c2)c1. The molecule has 0 spiro atoms. The van der Waals surface area contributed by atoms with Crippen molar-refractivity contribution in [1.29, 1.82) is 0 Å². The molecule has 0 aliphatic heterocycles. The molecule has 256 valence electrons. The highest BCUT2D eigenvalue weighted by Gasteiger charge is 2.16. The van der Waals surface area contributed by atoms with Gasteiger partial charge >= 0.3 is 0 Å². The van der Waals surface area contributed by atoms with E-state index >= 15 is 0 Å². The van der Waals surface area contributed by atoms with Crippen LogP contribution >= 0.6 is 12.6 Å². The molecule has 1 unspecified atom stereocenters. The van der Waals surface area contributed by atoms with Gasteiger partial charge in [0.15, 0.2) is 0 Å². The van der Waals surface area contributed by atoms with Crippen LogP contribution in [0.25, 0.3) is 65.7 Å². The standard InChI is InChI=1S/C48H37N3OS/c1-49-47(51-48(32-12-3-2-4-13-32)50-30-37-17-11-21-42-39-18-5-7-22-43(39)52-46(37)42)36-16-9-15-33(29-36)34-26-27-38-35(28-34)25-24-31-14-10-20-41(45(31)38)40-19-6-8-23-44(40)53/h2-29,47,49,53H,30H2,1H3,(H,50,51). The summed E-state index contributed by atoms with van der Waals surface area (Å²) >= 11 is 4.80. The lowest BCUT2D eigenvalue weighted by molar-refractivity contribution is 0.560. The topological polar surface area (TPSA) is 49.6 Å². The van der Waals surface area contributed by atoms with Crippen molar-refractivity contribution in [2.75, 3.05) is 7.05 Å². The van der Waals surface area contributed by atoms with Gasteiger partial charge < -0.3 is 9.73 Å². The van der Waals surface area contributed by atoms with Crippen LogP contribution < -0.4 is 10.6 Å². The lowest BCUT2D eigenvalue weighted by atomic mass is 9.92. The third-order valence-corrected chi connectivity index (χ3v) is 10.5. The molecule has 1 atom stereocenters. The molecule has 0 saturated carbocycles. The monoisotopic (exact) mass is 703 g/mol. The zero-order valence-corrected chi connectivity index (χ0v) is 30.1. The van der Waals surface area contributed by atoms with Crippen LogP contribution in [0.3, 0.4) is 0 Å². The zero-order chi connectivity index (χ0) is 35.7. The van der Waals surface area contributed by atoms with Crippen LogP contribution in [0.1, 0.15) is 22.9 Å². The Morgan fingerprint density at radius 1 is 0.623 bits per heavy atom. The van der Waals surface area contributed by atoms with Gasteiger partial charge in [-0.3, -0.25) is 10.3 Å². The van der Waals surface area contributed by atoms with Crippen LogP contribution in [0.4, 0.5) is 0 Å². The third-order valence-electron chi connectivity index (χ3n) is 10.1. The first-order valence-corrected chi connectivity index (χ1v) is 18.4. The number of thiol groups is 1. The van der Waals surface area contributed by atoms with Gasteiger partial charge in [0.05, 0.1) is 6.54 Å². The third kappa shape index (κ3) is 6.24. The van der Waals surface area contributed by atoms with Crippen molar-refractivity contribution in [3.05, 3.63) is 187 Å². The Morgan fingerprint density at radius 2 is 1.36 bits per heavy atom. The van der Waals surface area contributed by atoms with Gasteiger partial charge in [-0.05, 0) is 80.7 Å². The number of hydrogen-bond donors (Lipinski definition) is 3. The number of fused-ring (bicyclic) bond motifs is 6. The van der Waals surface area contributed by atoms with E-state index in [-0.39, 0.29) is 6.17 Å². The molecular weight excluding hydrogens is 667 g/mol. The summed E-state index contributed by atoms with van der Waals surface area (Å²) in [5.74, 6) is 0.805. The summed E-state index contributed by atoms with van der Waals surface area (Å²) in [6.45, 7) is 0.470. The molecular formula is C48H37N3OS. The number of aliphatic imine (C=N–C) groups is 1. The van der Waals surface area contributed by atoms with Gasteiger partial charge in [-0.2, -0.15) is 0 Å². The van der Waals surface area contributed by atoms with Crippen LogP contribution in [0.5, 0.6) is 0 Å². The maximum Gasteiger partial charge on any atom is 0.140 e. The molecule has 9 rings (SSSR count). The molecule has 9 aromatic rings. The van der Waals surface area contributed by atoms with Gasteiger partial charge in [-0.15, -0.1) is 12.6 Å². The second-order valence-corrected chi connectivity index (χ2v) is 13.8. The van der Waals surface area contributed by atoms with E-state index in [4.69, 9.17) is 22.0 Å². The van der Waals surface area contributed by atoms with Crippen molar-refractivity contribution in [1.82, 2.24) is 10.6 Å². The average Bonchev–Trinajstić information content (AvgIpc) is 3.60. The van der Waals surface area contributed by atoms with E-state index in [1.165, 1.54) is 27.1 Å². The number of nitrogens with zero attached hydrogens (tertiary/aromatic N) is 1. The Bertz CT molecular complexity index is 2800. The molecule has 53 heavy (non-hydrogen) atoms. The summed E-state index contributed by atoms with van der Waals surface area (Å²) in [7, 11) is 1.98. The fraction of sp³-hybridized carbons (Fsp3) is 0.0625. The van der Waals surface area contributed by atoms with Crippen molar-refractivity contribution >= 4 is 61.9 Å². The molecule has 0 radical (unpaired) electrons. The maximum absolute atomic E-state index is 6.32. The van der Waals surface area contributed by atoms with Gasteiger partial charge in [0.25, 0.3) is 0 Å². The number of amidine groups is 1. The summed E-state index contributed by atoms with van der Waals surface area (Å²) in [5, 5.41) is 14.4. The quantitative estimate of drug-likeness (QED) is 0.0485. The minimum absolute atomic E-state index is 0.191. The van der Waals surface area contributed by atoms with Crippen molar-refractivity contribution < 1.29 is 4.42 Å². The minimum Gasteiger partial charge on any atom is -0.456 e. The highest BCUT2D eigenvalue weighted by Crippen LogP contribution is 2.38. The van der Waals surface area contributed by atoms with Crippen molar-refractivity contribution in [3.8, 4) is 22.3 Å². The summed E-state index contributed by atoms with van der Waals surface area (Å²) in [5.41, 5.74) is 9.59. The van der Waals surface area contributed by atoms with Gasteiger partial charge in [0.2, 0.25) is 0 Å². The van der Waals surface area contributed by atoms with Crippen LogP contribution in [-0.4, -0.2) is 12.9 Å². The molecule has 5 heteroatoms. The molecule has 0 aliphatic carbocycles. The normalized spacial score (nSPS) is 12.5. The summed E-state index contributed by atoms with van der Waals surface area (Å²) in [6, 6.07) is 59.6. The fourth-order valence-electron chi connectivity index (χ4n) is 7.49. The van der Waals surface area contributed by atoms with Crippen LogP contribution in [0.15, 0.2) is 184 Å². The lowest BCUT2D eigenvalue weighted by Gasteiger charge is -2.22. The van der Waals surface area contributed by atoms with Crippen LogP contribution in [0, 0.1) is 0 Å². The molecule has 8 aromatic carbocycles. The van der Waals surface area contributed by atoms with Gasteiger partial charge in [-0.1, -0.05) is 146 Å². The number of para-hydroxylation sites is 2. The van der Waals surface area contributed by atoms with Crippen LogP contribution in [-0.2, 0) is 6.54 Å². The first kappa shape index (κ1) is 32.7. The maximum atomic E-state index is 6.32. The first-order chi connectivity index (χ1) is 26.1. The highest BCUT2D eigenvalue weighted by molar-refractivity contribution is 7.80. The Morgan fingerprint density at radius 3 is 2.25 bits per heavy atom. The Labute approximate surface area is 314 Å². The minimum atomic E-state index is -0.191. The van der Waals surface area contributed by atoms with Crippen molar-refractivity contribution in [3.63, 3.8) is 0 Å². The Hall–Kier alpha value is -6.14. The number of hydrogen-bond acceptors (Lipinski definition) is 4. The van der Waals surface area contributed by atoms with Gasteiger partial charge in [0, 0.05) is 26.8 Å². The molecule has 0 saturated heterocycles. The van der Waals surface area contributed by atoms with E-state index < -0.39 is 0 Å². The van der Waals surface area contributed by atoms with Crippen molar-refractivity contribution in [2.24, 2.45) is 4.99 Å². The van der Waals surface area contributed by atoms with E-state index in [0.717, 1.165) is 66.1 Å². The van der Waals surface area contributed by atoms with Gasteiger partial charge in [-0.25, -0.2) is 0 Å². The molecule has 1 aromatic heterocycles. The smallest absolute Gasteiger partial charge is 0.140 e.